The molecule has 172 valence electrons. The van der Waals surface area contributed by atoms with Crippen molar-refractivity contribution in [2.24, 2.45) is 10.2 Å². The first kappa shape index (κ1) is 23.1. The summed E-state index contributed by atoms with van der Waals surface area (Å²) in [5.74, 6) is 0.280. The van der Waals surface area contributed by atoms with Crippen molar-refractivity contribution in [3.63, 3.8) is 0 Å². The van der Waals surface area contributed by atoms with Crippen LogP contribution in [0.1, 0.15) is 5.56 Å². The third kappa shape index (κ3) is 6.72. The maximum atomic E-state index is 12.3. The van der Waals surface area contributed by atoms with Crippen LogP contribution in [0.2, 0.25) is 5.15 Å². The number of halogens is 4. The number of rotatable bonds is 7. The maximum absolute atomic E-state index is 12.3. The third-order valence-electron chi connectivity index (χ3n) is 4.35. The normalized spacial score (nSPS) is 11.5. The molecule has 0 aliphatic heterocycles. The van der Waals surface area contributed by atoms with Crippen molar-refractivity contribution in [2.75, 3.05) is 5.32 Å². The van der Waals surface area contributed by atoms with Gasteiger partial charge in [0.25, 0.3) is 5.95 Å². The lowest BCUT2D eigenvalue weighted by molar-refractivity contribution is -0.274. The number of nitrogens with zero attached hydrogens (tertiary/aromatic N) is 5. The predicted octanol–water partition coefficient (Wildman–Crippen LogP) is 7.12. The second-order valence-corrected chi connectivity index (χ2v) is 7.28. The Labute approximate surface area is 197 Å². The summed E-state index contributed by atoms with van der Waals surface area (Å²) in [6.07, 6.45) is -3.17. The van der Waals surface area contributed by atoms with E-state index in [1.807, 2.05) is 30.3 Å². The molecule has 0 atom stereocenters. The van der Waals surface area contributed by atoms with Crippen LogP contribution >= 0.6 is 11.6 Å². The van der Waals surface area contributed by atoms with E-state index in [0.717, 1.165) is 5.56 Å². The van der Waals surface area contributed by atoms with Gasteiger partial charge in [0.15, 0.2) is 0 Å². The molecule has 0 fully saturated rings. The van der Waals surface area contributed by atoms with E-state index in [2.05, 4.69) is 35.2 Å². The van der Waals surface area contributed by atoms with Crippen LogP contribution in [-0.2, 0) is 6.54 Å². The summed E-state index contributed by atoms with van der Waals surface area (Å²) in [4.78, 5) is 12.9. The molecule has 11 heteroatoms. The van der Waals surface area contributed by atoms with E-state index in [-0.39, 0.29) is 18.2 Å². The highest BCUT2D eigenvalue weighted by Gasteiger charge is 2.30. The largest absolute Gasteiger partial charge is 0.573 e. The summed E-state index contributed by atoms with van der Waals surface area (Å²) < 4.78 is 40.7. The van der Waals surface area contributed by atoms with E-state index < -0.39 is 6.36 Å². The molecule has 0 saturated carbocycles. The second-order valence-electron chi connectivity index (χ2n) is 6.89. The molecule has 4 aromatic rings. The topological polar surface area (TPSA) is 84.7 Å². The van der Waals surface area contributed by atoms with Gasteiger partial charge in [0.2, 0.25) is 0 Å². The Morgan fingerprint density at radius 2 is 1.71 bits per heavy atom. The summed E-state index contributed by atoms with van der Waals surface area (Å²) in [6.45, 7) is 0.120. The van der Waals surface area contributed by atoms with Gasteiger partial charge in [0.1, 0.15) is 16.7 Å². The van der Waals surface area contributed by atoms with Crippen LogP contribution in [0.15, 0.2) is 89.2 Å². The standard InChI is InChI=1S/C23H16ClF3N6O/c24-20-11-8-17(14-28-20)30-21-12-19(16-4-2-1-3-5-16)31-22(32-21)33-29-13-15-6-9-18(10-7-15)34-23(25,26)27/h1-12,14H,13H2,(H,30,31,32). The molecular formula is C23H16ClF3N6O. The van der Waals surface area contributed by atoms with Gasteiger partial charge in [0.05, 0.1) is 24.1 Å². The van der Waals surface area contributed by atoms with Gasteiger partial charge in [-0.1, -0.05) is 54.1 Å². The van der Waals surface area contributed by atoms with E-state index in [4.69, 9.17) is 11.6 Å². The Balaban J connectivity index is 1.54. The molecule has 0 unspecified atom stereocenters. The first-order valence-corrected chi connectivity index (χ1v) is 10.3. The predicted molar refractivity (Wildman–Crippen MR) is 121 cm³/mol. The van der Waals surface area contributed by atoms with Gasteiger partial charge >= 0.3 is 6.36 Å². The molecule has 0 spiro atoms. The van der Waals surface area contributed by atoms with Crippen LogP contribution < -0.4 is 10.1 Å². The number of azo groups is 1. The molecule has 7 nitrogen and oxygen atoms in total. The Morgan fingerprint density at radius 3 is 2.38 bits per heavy atom. The molecule has 2 heterocycles. The van der Waals surface area contributed by atoms with Crippen LogP contribution in [0.4, 0.5) is 30.6 Å². The highest BCUT2D eigenvalue weighted by Crippen LogP contribution is 2.26. The molecule has 0 aliphatic carbocycles. The van der Waals surface area contributed by atoms with Gasteiger partial charge in [-0.25, -0.2) is 9.97 Å². The van der Waals surface area contributed by atoms with E-state index in [0.29, 0.717) is 27.9 Å². The number of anilines is 2. The minimum Gasteiger partial charge on any atom is -0.406 e. The summed E-state index contributed by atoms with van der Waals surface area (Å²) in [5.41, 5.74) is 2.80. The van der Waals surface area contributed by atoms with Crippen LogP contribution in [0.3, 0.4) is 0 Å². The number of ether oxygens (including phenoxy) is 1. The number of alkyl halides is 3. The summed E-state index contributed by atoms with van der Waals surface area (Å²) in [6, 6.07) is 20.0. The number of hydrogen-bond donors (Lipinski definition) is 1. The lowest BCUT2D eigenvalue weighted by Crippen LogP contribution is -2.16. The maximum Gasteiger partial charge on any atom is 0.573 e. The average molecular weight is 485 g/mol. The number of hydrogen-bond acceptors (Lipinski definition) is 7. The van der Waals surface area contributed by atoms with Crippen molar-refractivity contribution < 1.29 is 17.9 Å². The van der Waals surface area contributed by atoms with Gasteiger partial charge in [-0.3, -0.25) is 0 Å². The number of nitrogens with one attached hydrogen (secondary N) is 1. The van der Waals surface area contributed by atoms with E-state index >= 15 is 0 Å². The van der Waals surface area contributed by atoms with Gasteiger partial charge < -0.3 is 10.1 Å². The molecule has 0 radical (unpaired) electrons. The van der Waals surface area contributed by atoms with Gasteiger partial charge in [-0.05, 0) is 29.8 Å². The molecule has 2 aromatic carbocycles. The number of aromatic nitrogens is 3. The summed E-state index contributed by atoms with van der Waals surface area (Å²) in [7, 11) is 0. The summed E-state index contributed by atoms with van der Waals surface area (Å²) >= 11 is 5.84. The fraction of sp³-hybridized carbons (Fsp3) is 0.0870. The molecule has 1 N–H and O–H groups in total. The molecular weight excluding hydrogens is 469 g/mol. The summed E-state index contributed by atoms with van der Waals surface area (Å²) in [5, 5.41) is 11.7. The van der Waals surface area contributed by atoms with E-state index in [1.165, 1.54) is 24.3 Å². The van der Waals surface area contributed by atoms with Crippen LogP contribution in [0.5, 0.6) is 5.75 Å². The molecule has 34 heavy (non-hydrogen) atoms. The van der Waals surface area contributed by atoms with Crippen molar-refractivity contribution in [1.29, 1.82) is 0 Å². The molecule has 0 bridgehead atoms. The zero-order valence-electron chi connectivity index (χ0n) is 17.4. The van der Waals surface area contributed by atoms with Gasteiger partial charge in [0, 0.05) is 11.6 Å². The molecule has 4 rings (SSSR count). The van der Waals surface area contributed by atoms with Crippen molar-refractivity contribution in [3.05, 3.63) is 89.7 Å². The monoisotopic (exact) mass is 484 g/mol. The first-order chi connectivity index (χ1) is 16.3. The molecule has 0 saturated heterocycles. The van der Waals surface area contributed by atoms with Crippen molar-refractivity contribution in [2.45, 2.75) is 12.9 Å². The highest BCUT2D eigenvalue weighted by molar-refractivity contribution is 6.29. The van der Waals surface area contributed by atoms with Gasteiger partial charge in [-0.15, -0.1) is 18.3 Å². The lowest BCUT2D eigenvalue weighted by atomic mass is 10.1. The van der Waals surface area contributed by atoms with Crippen LogP contribution in [0, 0.1) is 0 Å². The Hall–Kier alpha value is -4.05. The molecule has 0 amide bonds. The van der Waals surface area contributed by atoms with Crippen molar-refractivity contribution in [1.82, 2.24) is 15.0 Å². The quantitative estimate of drug-likeness (QED) is 0.223. The second kappa shape index (κ2) is 10.3. The molecule has 0 aliphatic rings. The highest BCUT2D eigenvalue weighted by atomic mass is 35.5. The minimum atomic E-state index is -4.74. The SMILES string of the molecule is FC(F)(F)Oc1ccc(CN=Nc2nc(Nc3ccc(Cl)nc3)cc(-c3ccccc3)n2)cc1. The Morgan fingerprint density at radius 1 is 0.941 bits per heavy atom. The third-order valence-corrected chi connectivity index (χ3v) is 4.58. The number of benzene rings is 2. The zero-order chi connectivity index (χ0) is 24.0. The minimum absolute atomic E-state index is 0.114. The fourth-order valence-electron chi connectivity index (χ4n) is 2.87. The Kier molecular flexibility index (Phi) is 6.98. The number of pyridine rings is 1. The average Bonchev–Trinajstić information content (AvgIpc) is 2.81. The van der Waals surface area contributed by atoms with Crippen LogP contribution in [-0.4, -0.2) is 21.3 Å². The molecule has 2 aromatic heterocycles. The lowest BCUT2D eigenvalue weighted by Gasteiger charge is -2.09. The van der Waals surface area contributed by atoms with Crippen LogP contribution in [0.25, 0.3) is 11.3 Å². The van der Waals surface area contributed by atoms with E-state index in [9.17, 15) is 13.2 Å². The Bertz CT molecular complexity index is 1270. The van der Waals surface area contributed by atoms with Crippen molar-refractivity contribution in [3.8, 4) is 17.0 Å². The fourth-order valence-corrected chi connectivity index (χ4v) is 2.99. The zero-order valence-corrected chi connectivity index (χ0v) is 18.1. The smallest absolute Gasteiger partial charge is 0.406 e. The van der Waals surface area contributed by atoms with Crippen molar-refractivity contribution >= 4 is 29.1 Å². The van der Waals surface area contributed by atoms with E-state index in [1.54, 1.807) is 24.4 Å². The first-order valence-electron chi connectivity index (χ1n) is 9.89. The van der Waals surface area contributed by atoms with Gasteiger partial charge in [-0.2, -0.15) is 10.1 Å².